The van der Waals surface area contributed by atoms with Crippen molar-refractivity contribution in [3.05, 3.63) is 0 Å². The summed E-state index contributed by atoms with van der Waals surface area (Å²) in [6.07, 6.45) is 0.294. The maximum Gasteiger partial charge on any atom is 0.335 e. The van der Waals surface area contributed by atoms with E-state index in [-0.39, 0.29) is 12.4 Å². The number of ketones is 1. The number of ether oxygens (including phenoxy) is 1. The van der Waals surface area contributed by atoms with E-state index in [1.165, 1.54) is 6.92 Å². The molecule has 0 spiro atoms. The minimum Gasteiger partial charge on any atom is -0.464 e. The molecule has 0 amide bonds. The lowest BCUT2D eigenvalue weighted by Gasteiger charge is -2.09. The highest BCUT2D eigenvalue weighted by molar-refractivity contribution is 6.45. The van der Waals surface area contributed by atoms with Crippen LogP contribution in [0.15, 0.2) is 0 Å². The third-order valence-corrected chi connectivity index (χ3v) is 2.17. The fourth-order valence-corrected chi connectivity index (χ4v) is 0.952. The molecule has 1 heterocycles. The Balaban J connectivity index is 2.86. The average molecular weight is 163 g/mol. The molecule has 0 saturated carbocycles. The molecule has 0 aromatic rings. The first-order valence-corrected chi connectivity index (χ1v) is 3.32. The summed E-state index contributed by atoms with van der Waals surface area (Å²) in [7, 11) is 0. The smallest absolute Gasteiger partial charge is 0.335 e. The SMILES string of the molecule is CC(=O)C1(Cl)CCOC1=O. The van der Waals surface area contributed by atoms with Gasteiger partial charge in [0.25, 0.3) is 0 Å². The van der Waals surface area contributed by atoms with E-state index in [1.807, 2.05) is 0 Å². The van der Waals surface area contributed by atoms with Crippen LogP contribution in [0.5, 0.6) is 0 Å². The highest BCUT2D eigenvalue weighted by atomic mass is 35.5. The molecule has 56 valence electrons. The first-order chi connectivity index (χ1) is 4.57. The van der Waals surface area contributed by atoms with E-state index in [0.29, 0.717) is 6.42 Å². The number of esters is 1. The molecule has 1 aliphatic heterocycles. The fourth-order valence-electron chi connectivity index (χ4n) is 0.821. The molecular weight excluding hydrogens is 156 g/mol. The molecule has 10 heavy (non-hydrogen) atoms. The predicted molar refractivity (Wildman–Crippen MR) is 34.8 cm³/mol. The first-order valence-electron chi connectivity index (χ1n) is 2.94. The van der Waals surface area contributed by atoms with Crippen molar-refractivity contribution in [2.45, 2.75) is 18.2 Å². The molecule has 3 nitrogen and oxygen atoms in total. The Morgan fingerprint density at radius 3 is 2.60 bits per heavy atom. The fraction of sp³-hybridized carbons (Fsp3) is 0.667. The standard InChI is InChI=1S/C6H7ClO3/c1-4(8)6(7)2-3-10-5(6)9/h2-3H2,1H3. The summed E-state index contributed by atoms with van der Waals surface area (Å²) >= 11 is 5.63. The van der Waals surface area contributed by atoms with E-state index in [1.54, 1.807) is 0 Å². The highest BCUT2D eigenvalue weighted by Gasteiger charge is 2.47. The van der Waals surface area contributed by atoms with Gasteiger partial charge in [-0.1, -0.05) is 11.6 Å². The van der Waals surface area contributed by atoms with Crippen LogP contribution in [0, 0.1) is 0 Å². The quantitative estimate of drug-likeness (QED) is 0.320. The summed E-state index contributed by atoms with van der Waals surface area (Å²) in [4.78, 5) is 20.1. The second-order valence-corrected chi connectivity index (χ2v) is 2.89. The number of carbonyl (C=O) groups is 2. The highest BCUT2D eigenvalue weighted by Crippen LogP contribution is 2.28. The van der Waals surface area contributed by atoms with Crippen molar-refractivity contribution in [3.63, 3.8) is 0 Å². The largest absolute Gasteiger partial charge is 0.464 e. The molecule has 0 aromatic heterocycles. The normalized spacial score (nSPS) is 32.0. The van der Waals surface area contributed by atoms with E-state index in [4.69, 9.17) is 11.6 Å². The molecule has 0 bridgehead atoms. The van der Waals surface area contributed by atoms with Crippen LogP contribution in [-0.2, 0) is 14.3 Å². The molecule has 0 radical (unpaired) electrons. The van der Waals surface area contributed by atoms with Gasteiger partial charge in [-0.2, -0.15) is 0 Å². The Morgan fingerprint density at radius 1 is 1.80 bits per heavy atom. The molecule has 1 rings (SSSR count). The van der Waals surface area contributed by atoms with Gasteiger partial charge in [0.05, 0.1) is 6.61 Å². The summed E-state index contributed by atoms with van der Waals surface area (Å²) in [6.45, 7) is 1.54. The van der Waals surface area contributed by atoms with Crippen LogP contribution in [-0.4, -0.2) is 23.2 Å². The lowest BCUT2D eigenvalue weighted by atomic mass is 10.0. The predicted octanol–water partition coefficient (Wildman–Crippen LogP) is 0.500. The van der Waals surface area contributed by atoms with Gasteiger partial charge >= 0.3 is 5.97 Å². The van der Waals surface area contributed by atoms with E-state index in [0.717, 1.165) is 0 Å². The number of halogens is 1. The molecule has 4 heteroatoms. The zero-order chi connectivity index (χ0) is 7.78. The topological polar surface area (TPSA) is 43.4 Å². The Kier molecular flexibility index (Phi) is 1.68. The summed E-state index contributed by atoms with van der Waals surface area (Å²) < 4.78 is 4.54. The second-order valence-electron chi connectivity index (χ2n) is 2.24. The lowest BCUT2D eigenvalue weighted by Crippen LogP contribution is -2.35. The van der Waals surface area contributed by atoms with Crippen LogP contribution >= 0.6 is 11.6 Å². The number of hydrogen-bond acceptors (Lipinski definition) is 3. The Morgan fingerprint density at radius 2 is 2.40 bits per heavy atom. The van der Waals surface area contributed by atoms with E-state index >= 15 is 0 Å². The van der Waals surface area contributed by atoms with E-state index in [2.05, 4.69) is 4.74 Å². The van der Waals surface area contributed by atoms with Gasteiger partial charge in [-0.15, -0.1) is 0 Å². The molecule has 1 atom stereocenters. The van der Waals surface area contributed by atoms with Crippen molar-refractivity contribution in [1.29, 1.82) is 0 Å². The van der Waals surface area contributed by atoms with Crippen molar-refractivity contribution < 1.29 is 14.3 Å². The number of hydrogen-bond donors (Lipinski definition) is 0. The molecule has 0 N–H and O–H groups in total. The zero-order valence-corrected chi connectivity index (χ0v) is 6.27. The molecule has 1 unspecified atom stereocenters. The van der Waals surface area contributed by atoms with Gasteiger partial charge in [0.1, 0.15) is 0 Å². The monoisotopic (exact) mass is 162 g/mol. The van der Waals surface area contributed by atoms with Crippen LogP contribution in [0.2, 0.25) is 0 Å². The molecular formula is C6H7ClO3. The number of carbonyl (C=O) groups excluding carboxylic acids is 2. The van der Waals surface area contributed by atoms with Crippen molar-refractivity contribution in [3.8, 4) is 0 Å². The van der Waals surface area contributed by atoms with Crippen molar-refractivity contribution >= 4 is 23.4 Å². The Bertz CT molecular complexity index is 189. The number of rotatable bonds is 1. The third-order valence-electron chi connectivity index (χ3n) is 1.56. The molecule has 1 fully saturated rings. The second kappa shape index (κ2) is 2.23. The average Bonchev–Trinajstić information content (AvgIpc) is 2.15. The number of cyclic esters (lactones) is 1. The molecule has 0 aliphatic carbocycles. The van der Waals surface area contributed by atoms with Crippen LogP contribution in [0.3, 0.4) is 0 Å². The lowest BCUT2D eigenvalue weighted by molar-refractivity contribution is -0.142. The van der Waals surface area contributed by atoms with E-state index in [9.17, 15) is 9.59 Å². The van der Waals surface area contributed by atoms with Gasteiger partial charge in [-0.3, -0.25) is 4.79 Å². The van der Waals surface area contributed by atoms with Crippen molar-refractivity contribution in [1.82, 2.24) is 0 Å². The van der Waals surface area contributed by atoms with E-state index < -0.39 is 10.8 Å². The van der Waals surface area contributed by atoms with Gasteiger partial charge in [-0.05, 0) is 6.92 Å². The maximum atomic E-state index is 10.8. The summed E-state index contributed by atoms with van der Waals surface area (Å²) in [5.74, 6) is -0.946. The van der Waals surface area contributed by atoms with Crippen molar-refractivity contribution in [2.24, 2.45) is 0 Å². The van der Waals surface area contributed by atoms with Gasteiger partial charge < -0.3 is 4.74 Å². The van der Waals surface area contributed by atoms with Crippen LogP contribution in [0.25, 0.3) is 0 Å². The molecule has 1 saturated heterocycles. The van der Waals surface area contributed by atoms with Crippen molar-refractivity contribution in [2.75, 3.05) is 6.61 Å². The van der Waals surface area contributed by atoms with Gasteiger partial charge in [-0.25, -0.2) is 4.79 Å². The van der Waals surface area contributed by atoms with Gasteiger partial charge in [0.15, 0.2) is 5.78 Å². The van der Waals surface area contributed by atoms with Crippen LogP contribution in [0.4, 0.5) is 0 Å². The molecule has 1 aliphatic rings. The summed E-state index contributed by atoms with van der Waals surface area (Å²) in [6, 6.07) is 0. The minimum atomic E-state index is -1.38. The Labute approximate surface area is 63.3 Å². The minimum absolute atomic E-state index is 0.252. The Hall–Kier alpha value is -0.570. The molecule has 0 aromatic carbocycles. The number of alkyl halides is 1. The summed E-state index contributed by atoms with van der Waals surface area (Å²) in [5.41, 5.74) is 0. The van der Waals surface area contributed by atoms with Crippen LogP contribution in [0.1, 0.15) is 13.3 Å². The maximum absolute atomic E-state index is 10.8. The van der Waals surface area contributed by atoms with Gasteiger partial charge in [0.2, 0.25) is 4.87 Å². The zero-order valence-electron chi connectivity index (χ0n) is 5.52. The first kappa shape index (κ1) is 7.54. The summed E-state index contributed by atoms with van der Waals surface area (Å²) in [5, 5.41) is 0. The third kappa shape index (κ3) is 0.904. The number of Topliss-reactive ketones (excluding diaryl/α,β-unsaturated/α-hetero) is 1. The van der Waals surface area contributed by atoms with Gasteiger partial charge in [0, 0.05) is 6.42 Å². The van der Waals surface area contributed by atoms with Crippen LogP contribution < -0.4 is 0 Å².